The number of likely N-dealkylation sites (tertiary alicyclic amines) is 2. The standard InChI is InChI=1S/C17H24N2O/c1-16-9-17(2,11-18(3)10-16)13-19(12-16)15(20)14-7-5-4-6-8-14/h4-8H,9-13H2,1-3H3/t16-,17-/m1/s1. The average Bonchev–Trinajstić information content (AvgIpc) is 2.35. The number of hydrogen-bond donors (Lipinski definition) is 0. The third kappa shape index (κ3) is 2.47. The monoisotopic (exact) mass is 272 g/mol. The quantitative estimate of drug-likeness (QED) is 0.784. The summed E-state index contributed by atoms with van der Waals surface area (Å²) in [4.78, 5) is 17.2. The number of nitrogens with zero attached hydrogens (tertiary/aromatic N) is 2. The van der Waals surface area contributed by atoms with Gasteiger partial charge in [-0.1, -0.05) is 32.0 Å². The Hall–Kier alpha value is -1.35. The van der Waals surface area contributed by atoms with E-state index in [1.807, 2.05) is 30.3 Å². The molecule has 0 spiro atoms. The molecule has 0 saturated carbocycles. The molecule has 0 aromatic heterocycles. The summed E-state index contributed by atoms with van der Waals surface area (Å²) in [7, 11) is 2.20. The Labute approximate surface area is 121 Å². The maximum absolute atomic E-state index is 12.7. The first-order valence-corrected chi connectivity index (χ1v) is 7.42. The third-order valence-corrected chi connectivity index (χ3v) is 4.61. The Morgan fingerprint density at radius 2 is 1.55 bits per heavy atom. The number of carbonyl (C=O) groups is 1. The minimum absolute atomic E-state index is 0.187. The fourth-order valence-corrected chi connectivity index (χ4v) is 4.60. The van der Waals surface area contributed by atoms with Crippen LogP contribution in [0.3, 0.4) is 0 Å². The molecule has 0 radical (unpaired) electrons. The number of piperidine rings is 2. The minimum atomic E-state index is 0.187. The summed E-state index contributed by atoms with van der Waals surface area (Å²) >= 11 is 0. The van der Waals surface area contributed by atoms with Crippen LogP contribution in [0.2, 0.25) is 0 Å². The highest BCUT2D eigenvalue weighted by molar-refractivity contribution is 5.94. The largest absolute Gasteiger partial charge is 0.337 e. The van der Waals surface area contributed by atoms with Gasteiger partial charge in [-0.2, -0.15) is 0 Å². The molecule has 2 heterocycles. The molecule has 1 aromatic rings. The molecular formula is C17H24N2O. The lowest BCUT2D eigenvalue weighted by atomic mass is 9.65. The second-order valence-corrected chi connectivity index (χ2v) is 7.50. The van der Waals surface area contributed by atoms with Gasteiger partial charge in [0.2, 0.25) is 0 Å². The fraction of sp³-hybridized carbons (Fsp3) is 0.588. The highest BCUT2D eigenvalue weighted by Gasteiger charge is 2.48. The second-order valence-electron chi connectivity index (χ2n) is 7.50. The minimum Gasteiger partial charge on any atom is -0.337 e. The number of fused-ring (bicyclic) bond motifs is 2. The van der Waals surface area contributed by atoms with Crippen molar-refractivity contribution >= 4 is 5.91 Å². The number of hydrogen-bond acceptors (Lipinski definition) is 2. The number of benzene rings is 1. The summed E-state index contributed by atoms with van der Waals surface area (Å²) in [5, 5.41) is 0. The van der Waals surface area contributed by atoms with Crippen molar-refractivity contribution in [2.75, 3.05) is 33.2 Å². The molecule has 2 aliphatic heterocycles. The Morgan fingerprint density at radius 3 is 2.10 bits per heavy atom. The van der Waals surface area contributed by atoms with Crippen LogP contribution >= 0.6 is 0 Å². The molecule has 2 bridgehead atoms. The van der Waals surface area contributed by atoms with Crippen LogP contribution in [0.15, 0.2) is 30.3 Å². The van der Waals surface area contributed by atoms with Crippen molar-refractivity contribution in [1.82, 2.24) is 9.80 Å². The van der Waals surface area contributed by atoms with E-state index in [1.165, 1.54) is 6.42 Å². The molecule has 2 fully saturated rings. The number of rotatable bonds is 1. The predicted octanol–water partition coefficient (Wildman–Crippen LogP) is 2.49. The first-order valence-electron chi connectivity index (χ1n) is 7.42. The average molecular weight is 272 g/mol. The maximum Gasteiger partial charge on any atom is 0.253 e. The van der Waals surface area contributed by atoms with Crippen LogP contribution in [-0.4, -0.2) is 48.9 Å². The smallest absolute Gasteiger partial charge is 0.253 e. The van der Waals surface area contributed by atoms with E-state index in [0.717, 1.165) is 31.7 Å². The molecule has 0 N–H and O–H groups in total. The van der Waals surface area contributed by atoms with E-state index in [1.54, 1.807) is 0 Å². The lowest BCUT2D eigenvalue weighted by Gasteiger charge is -2.56. The second kappa shape index (κ2) is 4.59. The van der Waals surface area contributed by atoms with Crippen molar-refractivity contribution in [3.8, 4) is 0 Å². The molecular weight excluding hydrogens is 248 g/mol. The Bertz CT molecular complexity index is 495. The van der Waals surface area contributed by atoms with Gasteiger partial charge < -0.3 is 9.80 Å². The summed E-state index contributed by atoms with van der Waals surface area (Å²) in [6.45, 7) is 8.57. The molecule has 2 saturated heterocycles. The van der Waals surface area contributed by atoms with Crippen molar-refractivity contribution in [2.45, 2.75) is 20.3 Å². The molecule has 2 atom stereocenters. The van der Waals surface area contributed by atoms with Gasteiger partial charge in [-0.15, -0.1) is 0 Å². The highest BCUT2D eigenvalue weighted by Crippen LogP contribution is 2.45. The van der Waals surface area contributed by atoms with Crippen molar-refractivity contribution in [3.63, 3.8) is 0 Å². The zero-order valence-corrected chi connectivity index (χ0v) is 12.7. The Kier molecular flexibility index (Phi) is 3.13. The molecule has 3 heteroatoms. The first-order chi connectivity index (χ1) is 9.39. The third-order valence-electron chi connectivity index (χ3n) is 4.61. The molecule has 3 nitrogen and oxygen atoms in total. The van der Waals surface area contributed by atoms with Gasteiger partial charge in [-0.3, -0.25) is 4.79 Å². The van der Waals surface area contributed by atoms with Crippen LogP contribution in [0.5, 0.6) is 0 Å². The summed E-state index contributed by atoms with van der Waals surface area (Å²) in [5.74, 6) is 0.187. The number of carbonyl (C=O) groups excluding carboxylic acids is 1. The Morgan fingerprint density at radius 1 is 1.00 bits per heavy atom. The van der Waals surface area contributed by atoms with Crippen LogP contribution in [-0.2, 0) is 0 Å². The van der Waals surface area contributed by atoms with Gasteiger partial charge >= 0.3 is 0 Å². The van der Waals surface area contributed by atoms with Crippen LogP contribution in [0.25, 0.3) is 0 Å². The van der Waals surface area contributed by atoms with Gasteiger partial charge in [0.1, 0.15) is 0 Å². The predicted molar refractivity (Wildman–Crippen MR) is 80.7 cm³/mol. The normalized spacial score (nSPS) is 34.0. The first kappa shape index (κ1) is 13.6. The molecule has 2 aliphatic rings. The van der Waals surface area contributed by atoms with Gasteiger partial charge in [0.25, 0.3) is 5.91 Å². The van der Waals surface area contributed by atoms with E-state index in [-0.39, 0.29) is 16.7 Å². The van der Waals surface area contributed by atoms with Crippen LogP contribution in [0.4, 0.5) is 0 Å². The lowest BCUT2D eigenvalue weighted by Crippen LogP contribution is -2.62. The molecule has 1 aromatic carbocycles. The van der Waals surface area contributed by atoms with E-state index in [9.17, 15) is 4.79 Å². The summed E-state index contributed by atoms with van der Waals surface area (Å²) < 4.78 is 0. The van der Waals surface area contributed by atoms with Gasteiger partial charge in [-0.25, -0.2) is 0 Å². The summed E-state index contributed by atoms with van der Waals surface area (Å²) in [6.07, 6.45) is 1.23. The van der Waals surface area contributed by atoms with Gasteiger partial charge in [0, 0.05) is 31.7 Å². The van der Waals surface area contributed by atoms with E-state index in [4.69, 9.17) is 0 Å². The van der Waals surface area contributed by atoms with Crippen LogP contribution in [0, 0.1) is 10.8 Å². The molecule has 108 valence electrons. The molecule has 0 unspecified atom stereocenters. The highest BCUT2D eigenvalue weighted by atomic mass is 16.2. The van der Waals surface area contributed by atoms with Crippen molar-refractivity contribution in [1.29, 1.82) is 0 Å². The number of amides is 1. The van der Waals surface area contributed by atoms with Crippen molar-refractivity contribution < 1.29 is 4.79 Å². The molecule has 1 amide bonds. The fourth-order valence-electron chi connectivity index (χ4n) is 4.60. The molecule has 20 heavy (non-hydrogen) atoms. The molecule has 0 aliphatic carbocycles. The van der Waals surface area contributed by atoms with E-state index in [0.29, 0.717) is 0 Å². The Balaban J connectivity index is 1.85. The maximum atomic E-state index is 12.7. The topological polar surface area (TPSA) is 23.6 Å². The SMILES string of the molecule is CN1C[C@]2(C)CN(C(=O)c3ccccc3)C[C@@](C)(C1)C2. The zero-order chi connectivity index (χ0) is 14.4. The van der Waals surface area contributed by atoms with Gasteiger partial charge in [-0.05, 0) is 36.4 Å². The van der Waals surface area contributed by atoms with E-state index < -0.39 is 0 Å². The van der Waals surface area contributed by atoms with E-state index >= 15 is 0 Å². The summed E-state index contributed by atoms with van der Waals surface area (Å²) in [5.41, 5.74) is 1.27. The van der Waals surface area contributed by atoms with Gasteiger partial charge in [0.15, 0.2) is 0 Å². The van der Waals surface area contributed by atoms with Gasteiger partial charge in [0.05, 0.1) is 0 Å². The van der Waals surface area contributed by atoms with E-state index in [2.05, 4.69) is 30.7 Å². The zero-order valence-electron chi connectivity index (χ0n) is 12.7. The lowest BCUT2D eigenvalue weighted by molar-refractivity contribution is -0.0554. The van der Waals surface area contributed by atoms with Crippen LogP contribution < -0.4 is 0 Å². The van der Waals surface area contributed by atoms with Crippen LogP contribution in [0.1, 0.15) is 30.6 Å². The van der Waals surface area contributed by atoms with Crippen molar-refractivity contribution in [3.05, 3.63) is 35.9 Å². The summed E-state index contributed by atoms with van der Waals surface area (Å²) in [6, 6.07) is 9.68. The molecule has 3 rings (SSSR count). The van der Waals surface area contributed by atoms with Crippen molar-refractivity contribution in [2.24, 2.45) is 10.8 Å².